The van der Waals surface area contributed by atoms with Crippen LogP contribution in [0.25, 0.3) is 0 Å². The van der Waals surface area contributed by atoms with E-state index in [9.17, 15) is 9.90 Å². The molecule has 88 valence electrons. The van der Waals surface area contributed by atoms with Gasteiger partial charge in [-0.05, 0) is 23.1 Å². The summed E-state index contributed by atoms with van der Waals surface area (Å²) in [6.45, 7) is 0. The summed E-state index contributed by atoms with van der Waals surface area (Å²) in [6, 6.07) is 12.6. The number of aliphatic hydroxyl groups is 1. The summed E-state index contributed by atoms with van der Waals surface area (Å²) in [5.74, 6) is -0.427. The molecule has 0 saturated heterocycles. The Morgan fingerprint density at radius 3 is 2.65 bits per heavy atom. The van der Waals surface area contributed by atoms with E-state index in [-0.39, 0.29) is 6.42 Å². The van der Waals surface area contributed by atoms with Gasteiger partial charge in [0, 0.05) is 0 Å². The molecule has 2 rings (SSSR count). The molecule has 1 atom stereocenters. The fourth-order valence-corrected chi connectivity index (χ4v) is 2.02. The average Bonchev–Trinajstić information content (AvgIpc) is 2.82. The van der Waals surface area contributed by atoms with Crippen molar-refractivity contribution in [2.24, 2.45) is 0 Å². The third-order valence-electron chi connectivity index (χ3n) is 2.25. The lowest BCUT2D eigenvalue weighted by Gasteiger charge is -2.09. The Morgan fingerprint density at radius 1 is 1.24 bits per heavy atom. The molecule has 1 aromatic heterocycles. The number of carbonyl (C=O) groups excluding carboxylic acids is 1. The standard InChI is InChI=1S/C13H12O3S/c14-11(10-5-2-1-3-6-10)9-12(15)16-13-7-4-8-17-13/h1-8,11,14H,9H2. The summed E-state index contributed by atoms with van der Waals surface area (Å²) in [6.07, 6.45) is -0.856. The van der Waals surface area contributed by atoms with E-state index in [1.54, 1.807) is 24.3 Å². The quantitative estimate of drug-likeness (QED) is 0.846. The molecule has 1 aromatic carbocycles. The number of hydrogen-bond donors (Lipinski definition) is 1. The van der Waals surface area contributed by atoms with Gasteiger partial charge in [-0.3, -0.25) is 4.79 Å². The number of hydrogen-bond acceptors (Lipinski definition) is 4. The molecule has 2 aromatic rings. The highest BCUT2D eigenvalue weighted by Crippen LogP contribution is 2.21. The van der Waals surface area contributed by atoms with E-state index in [1.165, 1.54) is 11.3 Å². The molecule has 0 saturated carbocycles. The Kier molecular flexibility index (Phi) is 3.90. The van der Waals surface area contributed by atoms with Gasteiger partial charge in [0.1, 0.15) is 0 Å². The Balaban J connectivity index is 1.91. The lowest BCUT2D eigenvalue weighted by atomic mass is 10.1. The summed E-state index contributed by atoms with van der Waals surface area (Å²) >= 11 is 1.35. The minimum Gasteiger partial charge on any atom is -0.415 e. The monoisotopic (exact) mass is 248 g/mol. The SMILES string of the molecule is O=C(CC(O)c1ccccc1)Oc1cccs1. The maximum absolute atomic E-state index is 11.5. The van der Waals surface area contributed by atoms with E-state index in [4.69, 9.17) is 4.74 Å². The van der Waals surface area contributed by atoms with E-state index < -0.39 is 12.1 Å². The van der Waals surface area contributed by atoms with Crippen LogP contribution in [0.1, 0.15) is 18.1 Å². The van der Waals surface area contributed by atoms with Gasteiger partial charge in [-0.2, -0.15) is 0 Å². The molecule has 3 nitrogen and oxygen atoms in total. The molecule has 17 heavy (non-hydrogen) atoms. The predicted molar refractivity (Wildman–Crippen MR) is 66.0 cm³/mol. The van der Waals surface area contributed by atoms with E-state index in [2.05, 4.69) is 0 Å². The minimum absolute atomic E-state index is 0.0398. The zero-order valence-corrected chi connectivity index (χ0v) is 9.89. The van der Waals surface area contributed by atoms with E-state index in [0.29, 0.717) is 5.06 Å². The van der Waals surface area contributed by atoms with Gasteiger partial charge >= 0.3 is 5.97 Å². The van der Waals surface area contributed by atoms with Crippen molar-refractivity contribution in [3.05, 3.63) is 53.4 Å². The number of rotatable bonds is 4. The smallest absolute Gasteiger partial charge is 0.314 e. The van der Waals surface area contributed by atoms with Gasteiger partial charge in [-0.25, -0.2) is 0 Å². The topological polar surface area (TPSA) is 46.5 Å². The lowest BCUT2D eigenvalue weighted by Crippen LogP contribution is -2.12. The summed E-state index contributed by atoms with van der Waals surface area (Å²) in [5, 5.41) is 12.2. The van der Waals surface area contributed by atoms with Crippen LogP contribution in [0.3, 0.4) is 0 Å². The molecule has 0 radical (unpaired) electrons. The molecular weight excluding hydrogens is 236 g/mol. The fraction of sp³-hybridized carbons (Fsp3) is 0.154. The van der Waals surface area contributed by atoms with E-state index in [1.807, 2.05) is 23.6 Å². The summed E-state index contributed by atoms with van der Waals surface area (Å²) in [4.78, 5) is 11.5. The molecule has 0 aliphatic rings. The van der Waals surface area contributed by atoms with Crippen molar-refractivity contribution in [1.82, 2.24) is 0 Å². The molecule has 0 bridgehead atoms. The van der Waals surface area contributed by atoms with Crippen LogP contribution in [0, 0.1) is 0 Å². The van der Waals surface area contributed by atoms with E-state index >= 15 is 0 Å². The molecule has 0 spiro atoms. The van der Waals surface area contributed by atoms with Gasteiger partial charge in [0.2, 0.25) is 0 Å². The van der Waals surface area contributed by atoms with Crippen LogP contribution in [-0.4, -0.2) is 11.1 Å². The number of thiophene rings is 1. The number of esters is 1. The zero-order valence-electron chi connectivity index (χ0n) is 9.08. The molecule has 0 fully saturated rings. The van der Waals surface area contributed by atoms with Crippen molar-refractivity contribution in [1.29, 1.82) is 0 Å². The second kappa shape index (κ2) is 5.61. The molecular formula is C13H12O3S. The summed E-state index contributed by atoms with van der Waals surface area (Å²) in [7, 11) is 0. The van der Waals surface area contributed by atoms with Crippen molar-refractivity contribution in [3.8, 4) is 5.06 Å². The van der Waals surface area contributed by atoms with Crippen molar-refractivity contribution < 1.29 is 14.6 Å². The number of carbonyl (C=O) groups is 1. The zero-order chi connectivity index (χ0) is 12.1. The summed E-state index contributed by atoms with van der Waals surface area (Å²) in [5.41, 5.74) is 0.718. The molecule has 0 amide bonds. The van der Waals surface area contributed by atoms with Crippen molar-refractivity contribution in [2.75, 3.05) is 0 Å². The van der Waals surface area contributed by atoms with Gasteiger partial charge in [-0.1, -0.05) is 30.3 Å². The average molecular weight is 248 g/mol. The second-order valence-electron chi connectivity index (χ2n) is 3.54. The molecule has 0 aliphatic heterocycles. The third kappa shape index (κ3) is 3.41. The summed E-state index contributed by atoms with van der Waals surface area (Å²) < 4.78 is 5.07. The van der Waals surface area contributed by atoms with Crippen LogP contribution in [0.2, 0.25) is 0 Å². The highest BCUT2D eigenvalue weighted by Gasteiger charge is 2.14. The fourth-order valence-electron chi connectivity index (χ4n) is 1.43. The minimum atomic E-state index is -0.816. The van der Waals surface area contributed by atoms with Crippen LogP contribution >= 0.6 is 11.3 Å². The van der Waals surface area contributed by atoms with Crippen LogP contribution in [0.5, 0.6) is 5.06 Å². The Labute approximate surface area is 103 Å². The Morgan fingerprint density at radius 2 is 2.00 bits per heavy atom. The number of ether oxygens (including phenoxy) is 1. The first-order valence-electron chi connectivity index (χ1n) is 5.23. The second-order valence-corrected chi connectivity index (χ2v) is 4.45. The van der Waals surface area contributed by atoms with Gasteiger partial charge in [0.15, 0.2) is 5.06 Å². The molecule has 1 unspecified atom stereocenters. The first-order chi connectivity index (χ1) is 8.25. The highest BCUT2D eigenvalue weighted by atomic mass is 32.1. The molecule has 0 aliphatic carbocycles. The van der Waals surface area contributed by atoms with Crippen molar-refractivity contribution >= 4 is 17.3 Å². The van der Waals surface area contributed by atoms with Crippen LogP contribution in [0.4, 0.5) is 0 Å². The van der Waals surface area contributed by atoms with Crippen molar-refractivity contribution in [2.45, 2.75) is 12.5 Å². The maximum atomic E-state index is 11.5. The van der Waals surface area contributed by atoms with E-state index in [0.717, 1.165) is 5.56 Å². The first-order valence-corrected chi connectivity index (χ1v) is 6.11. The van der Waals surface area contributed by atoms with Gasteiger partial charge in [0.05, 0.1) is 12.5 Å². The number of benzene rings is 1. The molecule has 1 heterocycles. The molecule has 1 N–H and O–H groups in total. The third-order valence-corrected chi connectivity index (χ3v) is 3.00. The largest absolute Gasteiger partial charge is 0.415 e. The Bertz CT molecular complexity index is 465. The highest BCUT2D eigenvalue weighted by molar-refractivity contribution is 7.11. The van der Waals surface area contributed by atoms with Gasteiger partial charge in [0.25, 0.3) is 0 Å². The van der Waals surface area contributed by atoms with Gasteiger partial charge in [-0.15, -0.1) is 11.3 Å². The van der Waals surface area contributed by atoms with Crippen LogP contribution in [-0.2, 0) is 4.79 Å². The lowest BCUT2D eigenvalue weighted by molar-refractivity contribution is -0.136. The van der Waals surface area contributed by atoms with Crippen LogP contribution < -0.4 is 4.74 Å². The van der Waals surface area contributed by atoms with Crippen LogP contribution in [0.15, 0.2) is 47.8 Å². The number of aliphatic hydroxyl groups excluding tert-OH is 1. The molecule has 4 heteroatoms. The predicted octanol–water partition coefficient (Wildman–Crippen LogP) is 2.78. The normalized spacial score (nSPS) is 12.1. The first kappa shape index (κ1) is 11.8. The maximum Gasteiger partial charge on any atom is 0.314 e. The van der Waals surface area contributed by atoms with Gasteiger partial charge < -0.3 is 9.84 Å². The Hall–Kier alpha value is -1.65. The van der Waals surface area contributed by atoms with Crippen molar-refractivity contribution in [3.63, 3.8) is 0 Å².